The Morgan fingerprint density at radius 1 is 1.47 bits per heavy atom. The highest BCUT2D eigenvalue weighted by Gasteiger charge is 2.10. The van der Waals surface area contributed by atoms with Gasteiger partial charge in [0.25, 0.3) is 0 Å². The summed E-state index contributed by atoms with van der Waals surface area (Å²) in [5.41, 5.74) is 0.275. The lowest BCUT2D eigenvalue weighted by Crippen LogP contribution is -1.98. The maximum atomic E-state index is 13.4. The van der Waals surface area contributed by atoms with Crippen LogP contribution in [0.3, 0.4) is 0 Å². The molecule has 0 saturated heterocycles. The van der Waals surface area contributed by atoms with Crippen molar-refractivity contribution >= 4 is 5.57 Å². The average Bonchev–Trinajstić information content (AvgIpc) is 2.65. The van der Waals surface area contributed by atoms with Gasteiger partial charge < -0.3 is 0 Å². The molecule has 78 valence electrons. The SMILES string of the molecule is C=C/C=C\C(=C(\F)C=C)c1nnnn1C. The largest absolute Gasteiger partial charge is 0.228 e. The second-order valence-corrected chi connectivity index (χ2v) is 2.69. The molecule has 1 rings (SSSR count). The zero-order valence-corrected chi connectivity index (χ0v) is 8.39. The molecule has 0 aliphatic carbocycles. The fraction of sp³-hybridized carbons (Fsp3) is 0.100. The molecule has 0 saturated carbocycles. The molecule has 4 nitrogen and oxygen atoms in total. The zero-order valence-electron chi connectivity index (χ0n) is 8.39. The quantitative estimate of drug-likeness (QED) is 0.706. The number of nitrogens with zero attached hydrogens (tertiary/aromatic N) is 4. The van der Waals surface area contributed by atoms with Crippen molar-refractivity contribution in [1.82, 2.24) is 20.2 Å². The average molecular weight is 206 g/mol. The Balaban J connectivity index is 3.25. The molecule has 0 radical (unpaired) electrons. The van der Waals surface area contributed by atoms with Crippen LogP contribution in [0, 0.1) is 0 Å². The van der Waals surface area contributed by atoms with E-state index in [1.54, 1.807) is 19.2 Å². The van der Waals surface area contributed by atoms with Crippen LogP contribution in [-0.4, -0.2) is 20.2 Å². The zero-order chi connectivity index (χ0) is 11.3. The predicted octanol–water partition coefficient (Wildman–Crippen LogP) is 1.82. The number of halogens is 1. The Morgan fingerprint density at radius 2 is 2.20 bits per heavy atom. The highest BCUT2D eigenvalue weighted by Crippen LogP contribution is 2.18. The smallest absolute Gasteiger partial charge is 0.184 e. The summed E-state index contributed by atoms with van der Waals surface area (Å²) >= 11 is 0. The summed E-state index contributed by atoms with van der Waals surface area (Å²) in [6.07, 6.45) is 5.79. The van der Waals surface area contributed by atoms with E-state index in [4.69, 9.17) is 0 Å². The highest BCUT2D eigenvalue weighted by molar-refractivity contribution is 5.73. The van der Waals surface area contributed by atoms with Crippen LogP contribution in [-0.2, 0) is 7.05 Å². The van der Waals surface area contributed by atoms with Crippen LogP contribution in [0.4, 0.5) is 4.39 Å². The molecule has 0 bridgehead atoms. The molecule has 0 unspecified atom stereocenters. The van der Waals surface area contributed by atoms with Crippen LogP contribution in [0.2, 0.25) is 0 Å². The van der Waals surface area contributed by atoms with Crippen molar-refractivity contribution in [1.29, 1.82) is 0 Å². The second kappa shape index (κ2) is 4.99. The first-order chi connectivity index (χ1) is 7.20. The summed E-state index contributed by atoms with van der Waals surface area (Å²) < 4.78 is 14.8. The molecular weight excluding hydrogens is 195 g/mol. The summed E-state index contributed by atoms with van der Waals surface area (Å²) in [7, 11) is 1.63. The molecule has 15 heavy (non-hydrogen) atoms. The minimum Gasteiger partial charge on any atom is -0.228 e. The van der Waals surface area contributed by atoms with Crippen LogP contribution >= 0.6 is 0 Å². The molecule has 0 N–H and O–H groups in total. The molecule has 1 aromatic rings. The maximum absolute atomic E-state index is 13.4. The fourth-order valence-corrected chi connectivity index (χ4v) is 0.993. The van der Waals surface area contributed by atoms with Gasteiger partial charge in [-0.05, 0) is 22.6 Å². The van der Waals surface area contributed by atoms with E-state index in [2.05, 4.69) is 28.7 Å². The number of hydrogen-bond donors (Lipinski definition) is 0. The number of allylic oxidation sites excluding steroid dienone is 6. The lowest BCUT2D eigenvalue weighted by atomic mass is 10.2. The topological polar surface area (TPSA) is 43.6 Å². The van der Waals surface area contributed by atoms with Gasteiger partial charge in [-0.3, -0.25) is 0 Å². The van der Waals surface area contributed by atoms with Crippen molar-refractivity contribution in [2.45, 2.75) is 0 Å². The fourth-order valence-electron chi connectivity index (χ4n) is 0.993. The molecule has 0 amide bonds. The molecule has 0 fully saturated rings. The van der Waals surface area contributed by atoms with Crippen molar-refractivity contribution in [3.05, 3.63) is 49.1 Å². The van der Waals surface area contributed by atoms with Crippen molar-refractivity contribution in [3.8, 4) is 0 Å². The Bertz CT molecular complexity index is 428. The Morgan fingerprint density at radius 3 is 2.67 bits per heavy atom. The standard InChI is InChI=1S/C10H11FN4/c1-4-6-7-8(9(11)5-2)10-12-13-14-15(10)3/h4-7H,1-2H2,3H3/b7-6-,9-8-. The van der Waals surface area contributed by atoms with Crippen LogP contribution in [0.15, 0.2) is 43.3 Å². The van der Waals surface area contributed by atoms with Gasteiger partial charge in [0.15, 0.2) is 5.82 Å². The van der Waals surface area contributed by atoms with E-state index in [0.717, 1.165) is 6.08 Å². The predicted molar refractivity (Wildman–Crippen MR) is 56.4 cm³/mol. The number of aromatic nitrogens is 4. The lowest BCUT2D eigenvalue weighted by Gasteiger charge is -1.99. The number of hydrogen-bond acceptors (Lipinski definition) is 3. The van der Waals surface area contributed by atoms with E-state index in [1.807, 2.05) is 0 Å². The number of tetrazole rings is 1. The Labute approximate surface area is 87.1 Å². The van der Waals surface area contributed by atoms with E-state index in [1.165, 1.54) is 10.8 Å². The molecule has 1 aromatic heterocycles. The summed E-state index contributed by atoms with van der Waals surface area (Å²) in [4.78, 5) is 0. The maximum Gasteiger partial charge on any atom is 0.184 e. The van der Waals surface area contributed by atoms with Gasteiger partial charge in [0.1, 0.15) is 5.83 Å². The molecule has 1 heterocycles. The van der Waals surface area contributed by atoms with Crippen molar-refractivity contribution in [2.75, 3.05) is 0 Å². The van der Waals surface area contributed by atoms with Gasteiger partial charge in [0.05, 0.1) is 5.57 Å². The molecule has 0 aliphatic rings. The monoisotopic (exact) mass is 206 g/mol. The molecule has 0 aromatic carbocycles. The third kappa shape index (κ3) is 2.46. The molecule has 0 atom stereocenters. The number of rotatable bonds is 4. The first-order valence-electron chi connectivity index (χ1n) is 4.24. The van der Waals surface area contributed by atoms with Gasteiger partial charge >= 0.3 is 0 Å². The van der Waals surface area contributed by atoms with Crippen LogP contribution in [0.5, 0.6) is 0 Å². The summed E-state index contributed by atoms with van der Waals surface area (Å²) in [6, 6.07) is 0. The van der Waals surface area contributed by atoms with Gasteiger partial charge in [-0.15, -0.1) is 5.10 Å². The van der Waals surface area contributed by atoms with Crippen LogP contribution in [0.1, 0.15) is 5.82 Å². The van der Waals surface area contributed by atoms with Gasteiger partial charge in [-0.1, -0.05) is 25.3 Å². The minimum absolute atomic E-state index is 0.275. The van der Waals surface area contributed by atoms with E-state index >= 15 is 0 Å². The van der Waals surface area contributed by atoms with E-state index in [0.29, 0.717) is 5.82 Å². The van der Waals surface area contributed by atoms with Crippen molar-refractivity contribution < 1.29 is 4.39 Å². The first kappa shape index (κ1) is 11.0. The third-order valence-corrected chi connectivity index (χ3v) is 1.70. The van der Waals surface area contributed by atoms with Gasteiger partial charge in [0, 0.05) is 7.05 Å². The van der Waals surface area contributed by atoms with Crippen molar-refractivity contribution in [3.63, 3.8) is 0 Å². The summed E-state index contributed by atoms with van der Waals surface area (Å²) in [5.74, 6) is -0.142. The Kier molecular flexibility index (Phi) is 3.68. The van der Waals surface area contributed by atoms with E-state index < -0.39 is 5.83 Å². The minimum atomic E-state index is -0.481. The van der Waals surface area contributed by atoms with Crippen molar-refractivity contribution in [2.24, 2.45) is 7.05 Å². The number of aryl methyl sites for hydroxylation is 1. The van der Waals surface area contributed by atoms with Gasteiger partial charge in [0.2, 0.25) is 0 Å². The van der Waals surface area contributed by atoms with Crippen LogP contribution < -0.4 is 0 Å². The van der Waals surface area contributed by atoms with Gasteiger partial charge in [-0.2, -0.15) is 0 Å². The van der Waals surface area contributed by atoms with E-state index in [-0.39, 0.29) is 5.57 Å². The third-order valence-electron chi connectivity index (χ3n) is 1.70. The molecular formula is C10H11FN4. The van der Waals surface area contributed by atoms with E-state index in [9.17, 15) is 4.39 Å². The highest BCUT2D eigenvalue weighted by atomic mass is 19.1. The molecule has 0 spiro atoms. The Hall–Kier alpha value is -2.04. The van der Waals surface area contributed by atoms with Crippen LogP contribution in [0.25, 0.3) is 5.57 Å². The molecule has 5 heteroatoms. The summed E-state index contributed by atoms with van der Waals surface area (Å²) in [5, 5.41) is 10.8. The summed E-state index contributed by atoms with van der Waals surface area (Å²) in [6.45, 7) is 6.86. The van der Waals surface area contributed by atoms with Gasteiger partial charge in [-0.25, -0.2) is 9.07 Å². The lowest BCUT2D eigenvalue weighted by molar-refractivity contribution is 0.665. The normalized spacial score (nSPS) is 12.7. The molecule has 0 aliphatic heterocycles. The second-order valence-electron chi connectivity index (χ2n) is 2.69. The first-order valence-corrected chi connectivity index (χ1v) is 4.24.